The van der Waals surface area contributed by atoms with Gasteiger partial charge in [-0.05, 0) is 26.0 Å². The Morgan fingerprint density at radius 3 is 2.67 bits per heavy atom. The number of nitro benzene ring substituents is 1. The Balaban J connectivity index is 3.04. The molecule has 0 amide bonds. The zero-order valence-electron chi connectivity index (χ0n) is 10.0. The van der Waals surface area contributed by atoms with Crippen LogP contribution in [0.15, 0.2) is 29.8 Å². The first-order valence-corrected chi connectivity index (χ1v) is 5.19. The van der Waals surface area contributed by atoms with Gasteiger partial charge >= 0.3 is 11.7 Å². The predicted molar refractivity (Wildman–Crippen MR) is 65.0 cm³/mol. The smallest absolute Gasteiger partial charge is 0.335 e. The topological polar surface area (TPSA) is 89.7 Å². The van der Waals surface area contributed by atoms with Crippen LogP contribution in [0.2, 0.25) is 0 Å². The van der Waals surface area contributed by atoms with E-state index < -0.39 is 10.9 Å². The van der Waals surface area contributed by atoms with Crippen LogP contribution in [0.4, 0.5) is 5.69 Å². The van der Waals surface area contributed by atoms with E-state index in [0.717, 1.165) is 17.7 Å². The number of carbonyl (C=O) groups is 1. The molecule has 0 aromatic heterocycles. The number of nitrogens with zero attached hydrogens (tertiary/aromatic N) is 1. The van der Waals surface area contributed by atoms with E-state index in [4.69, 9.17) is 9.84 Å². The van der Waals surface area contributed by atoms with Gasteiger partial charge in [-0.15, -0.1) is 0 Å². The zero-order valence-corrected chi connectivity index (χ0v) is 10.0. The summed E-state index contributed by atoms with van der Waals surface area (Å²) in [4.78, 5) is 20.9. The number of rotatable bonds is 5. The first-order valence-electron chi connectivity index (χ1n) is 5.19. The van der Waals surface area contributed by atoms with Crippen LogP contribution in [-0.4, -0.2) is 22.6 Å². The van der Waals surface area contributed by atoms with Crippen molar-refractivity contribution in [1.29, 1.82) is 0 Å². The lowest BCUT2D eigenvalue weighted by Crippen LogP contribution is -2.02. The Hall–Kier alpha value is -2.37. The highest BCUT2D eigenvalue weighted by Crippen LogP contribution is 2.28. The highest BCUT2D eigenvalue weighted by Gasteiger charge is 2.17. The number of carboxylic acids is 1. The number of hydrogen-bond donors (Lipinski definition) is 1. The third-order valence-electron chi connectivity index (χ3n) is 2.13. The van der Waals surface area contributed by atoms with Crippen LogP contribution in [0.5, 0.6) is 5.75 Å². The molecule has 1 aromatic carbocycles. The van der Waals surface area contributed by atoms with Crippen LogP contribution in [0.1, 0.15) is 24.2 Å². The lowest BCUT2D eigenvalue weighted by Gasteiger charge is -2.05. The van der Waals surface area contributed by atoms with Gasteiger partial charge in [-0.2, -0.15) is 0 Å². The summed E-state index contributed by atoms with van der Waals surface area (Å²) in [5.74, 6) is -1.20. The molecule has 18 heavy (non-hydrogen) atoms. The van der Waals surface area contributed by atoms with Gasteiger partial charge in [0, 0.05) is 12.1 Å². The predicted octanol–water partition coefficient (Wildman–Crippen LogP) is 2.64. The van der Waals surface area contributed by atoms with Gasteiger partial charge < -0.3 is 9.84 Å². The first kappa shape index (κ1) is 13.7. The molecule has 1 rings (SSSR count). The fourth-order valence-electron chi connectivity index (χ4n) is 1.21. The molecule has 1 N–H and O–H groups in total. The Morgan fingerprint density at radius 1 is 1.50 bits per heavy atom. The highest BCUT2D eigenvalue weighted by atomic mass is 16.6. The normalized spacial score (nSPS) is 9.67. The molecule has 1 aromatic rings. The average Bonchev–Trinajstić information content (AvgIpc) is 2.27. The second-order valence-electron chi connectivity index (χ2n) is 3.84. The summed E-state index contributed by atoms with van der Waals surface area (Å²) >= 11 is 0. The maximum absolute atomic E-state index is 10.8. The van der Waals surface area contributed by atoms with Gasteiger partial charge in [0.05, 0.1) is 10.5 Å². The number of nitro groups is 1. The molecule has 0 fully saturated rings. The van der Waals surface area contributed by atoms with E-state index in [1.807, 2.05) is 13.8 Å². The van der Waals surface area contributed by atoms with Gasteiger partial charge in [0.25, 0.3) is 0 Å². The molecule has 0 bridgehead atoms. The number of allylic oxidation sites excluding steroid dienone is 1. The summed E-state index contributed by atoms with van der Waals surface area (Å²) in [7, 11) is 0. The number of ether oxygens (including phenoxy) is 1. The zero-order chi connectivity index (χ0) is 13.7. The van der Waals surface area contributed by atoms with Crippen molar-refractivity contribution in [3.63, 3.8) is 0 Å². The minimum Gasteiger partial charge on any atom is -0.483 e. The molecule has 0 atom stereocenters. The van der Waals surface area contributed by atoms with E-state index in [1.54, 1.807) is 6.08 Å². The van der Waals surface area contributed by atoms with E-state index in [9.17, 15) is 14.9 Å². The van der Waals surface area contributed by atoms with Crippen LogP contribution in [0, 0.1) is 10.1 Å². The second kappa shape index (κ2) is 5.81. The van der Waals surface area contributed by atoms with Crippen molar-refractivity contribution in [2.24, 2.45) is 0 Å². The van der Waals surface area contributed by atoms with Crippen molar-refractivity contribution in [2.75, 3.05) is 6.61 Å². The van der Waals surface area contributed by atoms with Gasteiger partial charge in [0.1, 0.15) is 6.61 Å². The van der Waals surface area contributed by atoms with E-state index in [2.05, 4.69) is 0 Å². The first-order chi connectivity index (χ1) is 8.41. The maximum Gasteiger partial charge on any atom is 0.335 e. The molecule has 0 radical (unpaired) electrons. The summed E-state index contributed by atoms with van der Waals surface area (Å²) in [5, 5.41) is 19.6. The molecule has 0 unspecified atom stereocenters. The summed E-state index contributed by atoms with van der Waals surface area (Å²) in [6, 6.07) is 3.45. The SMILES string of the molecule is CC(C)=CCOc1cc(C(=O)O)ccc1[N+](=O)[O-]. The van der Waals surface area contributed by atoms with Gasteiger partial charge in [-0.25, -0.2) is 4.79 Å². The van der Waals surface area contributed by atoms with E-state index in [0.29, 0.717) is 0 Å². The minimum absolute atomic E-state index is 0.0441. The lowest BCUT2D eigenvalue weighted by atomic mass is 10.2. The number of hydrogen-bond acceptors (Lipinski definition) is 4. The molecule has 0 spiro atoms. The summed E-state index contributed by atoms with van der Waals surface area (Å²) in [5.41, 5.74) is 0.710. The molecule has 96 valence electrons. The fourth-order valence-corrected chi connectivity index (χ4v) is 1.21. The maximum atomic E-state index is 10.8. The summed E-state index contributed by atoms with van der Waals surface area (Å²) in [6.07, 6.45) is 1.75. The lowest BCUT2D eigenvalue weighted by molar-refractivity contribution is -0.385. The number of benzene rings is 1. The van der Waals surface area contributed by atoms with E-state index >= 15 is 0 Å². The molecule has 0 aliphatic heterocycles. The van der Waals surface area contributed by atoms with Crippen LogP contribution in [0.3, 0.4) is 0 Å². The van der Waals surface area contributed by atoms with Crippen molar-refractivity contribution in [3.8, 4) is 5.75 Å². The van der Waals surface area contributed by atoms with E-state index in [-0.39, 0.29) is 23.6 Å². The second-order valence-corrected chi connectivity index (χ2v) is 3.84. The van der Waals surface area contributed by atoms with Crippen LogP contribution in [-0.2, 0) is 0 Å². The van der Waals surface area contributed by atoms with Crippen molar-refractivity contribution in [2.45, 2.75) is 13.8 Å². The molecule has 0 aliphatic carbocycles. The van der Waals surface area contributed by atoms with E-state index in [1.165, 1.54) is 6.07 Å². The molecular formula is C12H13NO5. The van der Waals surface area contributed by atoms with Crippen LogP contribution in [0.25, 0.3) is 0 Å². The number of carboxylic acid groups (broad SMARTS) is 1. The Morgan fingerprint density at radius 2 is 2.17 bits per heavy atom. The van der Waals surface area contributed by atoms with Crippen molar-refractivity contribution < 1.29 is 19.6 Å². The molecule has 6 nitrogen and oxygen atoms in total. The molecule has 6 heteroatoms. The highest BCUT2D eigenvalue weighted by molar-refractivity contribution is 5.88. The van der Waals surface area contributed by atoms with Crippen molar-refractivity contribution in [3.05, 3.63) is 45.5 Å². The third-order valence-corrected chi connectivity index (χ3v) is 2.13. The molecule has 0 saturated carbocycles. The van der Waals surface area contributed by atoms with Crippen molar-refractivity contribution >= 4 is 11.7 Å². The monoisotopic (exact) mass is 251 g/mol. The van der Waals surface area contributed by atoms with Crippen LogP contribution >= 0.6 is 0 Å². The van der Waals surface area contributed by atoms with Gasteiger partial charge in [-0.3, -0.25) is 10.1 Å². The quantitative estimate of drug-likeness (QED) is 0.493. The summed E-state index contributed by atoms with van der Waals surface area (Å²) < 4.78 is 5.22. The Kier molecular flexibility index (Phi) is 4.42. The number of aromatic carboxylic acids is 1. The largest absolute Gasteiger partial charge is 0.483 e. The average molecular weight is 251 g/mol. The third kappa shape index (κ3) is 3.58. The van der Waals surface area contributed by atoms with Gasteiger partial charge in [0.2, 0.25) is 0 Å². The molecular weight excluding hydrogens is 238 g/mol. The van der Waals surface area contributed by atoms with Crippen LogP contribution < -0.4 is 4.74 Å². The minimum atomic E-state index is -1.16. The Labute approximate surface area is 104 Å². The Bertz CT molecular complexity index is 503. The molecule has 0 aliphatic rings. The molecule has 0 heterocycles. The molecule has 0 saturated heterocycles. The standard InChI is InChI=1S/C12H13NO5/c1-8(2)5-6-18-11-7-9(12(14)15)3-4-10(11)13(16)17/h3-5,7H,6H2,1-2H3,(H,14,15). The van der Waals surface area contributed by atoms with Gasteiger partial charge in [0.15, 0.2) is 5.75 Å². The fraction of sp³-hybridized carbons (Fsp3) is 0.250. The summed E-state index contributed by atoms with van der Waals surface area (Å²) in [6.45, 7) is 3.89. The van der Waals surface area contributed by atoms with Gasteiger partial charge in [-0.1, -0.05) is 5.57 Å². The van der Waals surface area contributed by atoms with Crippen molar-refractivity contribution in [1.82, 2.24) is 0 Å².